The van der Waals surface area contributed by atoms with Gasteiger partial charge in [0, 0.05) is 19.0 Å². The molecule has 45 heavy (non-hydrogen) atoms. The average Bonchev–Trinajstić information content (AvgIpc) is 3.57. The number of nitrogens with zero attached hydrogens (tertiary/aromatic N) is 2. The van der Waals surface area contributed by atoms with Crippen molar-refractivity contribution in [2.75, 3.05) is 10.8 Å². The lowest BCUT2D eigenvalue weighted by molar-refractivity contribution is -0.140. The highest BCUT2D eigenvalue weighted by molar-refractivity contribution is 7.92. The zero-order valence-electron chi connectivity index (χ0n) is 24.7. The van der Waals surface area contributed by atoms with E-state index in [2.05, 4.69) is 5.32 Å². The van der Waals surface area contributed by atoms with Crippen molar-refractivity contribution in [3.63, 3.8) is 0 Å². The van der Waals surface area contributed by atoms with Crippen molar-refractivity contribution in [2.24, 2.45) is 0 Å². The summed E-state index contributed by atoms with van der Waals surface area (Å²) in [6, 6.07) is 28.9. The van der Waals surface area contributed by atoms with E-state index >= 15 is 0 Å². The quantitative estimate of drug-likeness (QED) is 0.194. The summed E-state index contributed by atoms with van der Waals surface area (Å²) in [5, 5.41) is 2.87. The minimum atomic E-state index is -4.30. The van der Waals surface area contributed by atoms with Crippen LogP contribution in [0.2, 0.25) is 5.02 Å². The zero-order chi connectivity index (χ0) is 31.8. The van der Waals surface area contributed by atoms with E-state index in [-0.39, 0.29) is 40.5 Å². The van der Waals surface area contributed by atoms with Crippen molar-refractivity contribution in [2.45, 2.75) is 55.6 Å². The van der Waals surface area contributed by atoms with E-state index in [0.29, 0.717) is 0 Å². The lowest BCUT2D eigenvalue weighted by Crippen LogP contribution is -2.54. The van der Waals surface area contributed by atoms with Gasteiger partial charge in [0.05, 0.1) is 15.6 Å². The minimum absolute atomic E-state index is 0.0146. The molecule has 1 fully saturated rings. The van der Waals surface area contributed by atoms with Crippen LogP contribution in [-0.2, 0) is 32.6 Å². The third-order valence-electron chi connectivity index (χ3n) is 7.97. The first-order valence-corrected chi connectivity index (χ1v) is 16.7. The van der Waals surface area contributed by atoms with Gasteiger partial charge in [0.2, 0.25) is 11.8 Å². The molecule has 10 heteroatoms. The molecule has 1 atom stereocenters. The third-order valence-corrected chi connectivity index (χ3v) is 10.0. The molecule has 2 amide bonds. The van der Waals surface area contributed by atoms with Gasteiger partial charge in [-0.25, -0.2) is 12.8 Å². The first-order valence-electron chi connectivity index (χ1n) is 14.9. The van der Waals surface area contributed by atoms with Gasteiger partial charge >= 0.3 is 0 Å². The molecule has 234 valence electrons. The SMILES string of the molecule is O=C(NC1CCCC1)[C@H](Cc1ccccc1)N(Cc1ccccc1)C(=O)CN(c1ccc(F)c(Cl)c1)S(=O)(=O)c1ccccc1. The largest absolute Gasteiger partial charge is 0.352 e. The van der Waals surface area contributed by atoms with Gasteiger partial charge < -0.3 is 10.2 Å². The summed E-state index contributed by atoms with van der Waals surface area (Å²) in [5.41, 5.74) is 1.65. The standard InChI is InChI=1S/C35H35ClFN3O4S/c36-31-23-29(20-21-32(31)37)40(45(43,44)30-18-8-3-9-19-30)25-34(41)39(24-27-14-6-2-7-15-27)33(22-26-12-4-1-5-13-26)35(42)38-28-16-10-11-17-28/h1-9,12-15,18-21,23,28,33H,10-11,16-17,22,24-25H2,(H,38,42)/t33-/m0/s1. The Morgan fingerprint density at radius 2 is 1.42 bits per heavy atom. The van der Waals surface area contributed by atoms with Crippen LogP contribution in [0, 0.1) is 5.82 Å². The molecule has 0 unspecified atom stereocenters. The molecular formula is C35H35ClFN3O4S. The Kier molecular flexibility index (Phi) is 10.5. The van der Waals surface area contributed by atoms with E-state index in [1.54, 1.807) is 18.2 Å². The maximum atomic E-state index is 14.5. The van der Waals surface area contributed by atoms with E-state index in [9.17, 15) is 22.4 Å². The molecule has 0 aromatic heterocycles. The Balaban J connectivity index is 1.56. The highest BCUT2D eigenvalue weighted by Gasteiger charge is 2.35. The number of hydrogen-bond donors (Lipinski definition) is 1. The Morgan fingerprint density at radius 3 is 2.02 bits per heavy atom. The molecule has 1 aliphatic rings. The number of anilines is 1. The topological polar surface area (TPSA) is 86.8 Å². The molecule has 0 saturated heterocycles. The number of hydrogen-bond acceptors (Lipinski definition) is 4. The molecule has 4 aromatic carbocycles. The second-order valence-electron chi connectivity index (χ2n) is 11.1. The van der Waals surface area contributed by atoms with Gasteiger partial charge in [0.15, 0.2) is 0 Å². The highest BCUT2D eigenvalue weighted by Crippen LogP contribution is 2.29. The number of sulfonamides is 1. The van der Waals surface area contributed by atoms with Gasteiger partial charge in [-0.3, -0.25) is 13.9 Å². The molecule has 0 bridgehead atoms. The zero-order valence-corrected chi connectivity index (χ0v) is 26.3. The van der Waals surface area contributed by atoms with Crippen LogP contribution in [-0.4, -0.2) is 43.8 Å². The van der Waals surface area contributed by atoms with Gasteiger partial charge in [-0.2, -0.15) is 0 Å². The maximum absolute atomic E-state index is 14.5. The number of nitrogens with one attached hydrogen (secondary N) is 1. The van der Waals surface area contributed by atoms with Crippen molar-refractivity contribution in [1.82, 2.24) is 10.2 Å². The van der Waals surface area contributed by atoms with Gasteiger partial charge in [-0.1, -0.05) is 103 Å². The predicted octanol–water partition coefficient (Wildman–Crippen LogP) is 6.37. The van der Waals surface area contributed by atoms with Crippen molar-refractivity contribution in [3.05, 3.63) is 131 Å². The summed E-state index contributed by atoms with van der Waals surface area (Å²) >= 11 is 6.08. The Labute approximate surface area is 268 Å². The first kappa shape index (κ1) is 32.2. The van der Waals surface area contributed by atoms with Crippen LogP contribution in [0.5, 0.6) is 0 Å². The van der Waals surface area contributed by atoms with Gasteiger partial charge in [-0.15, -0.1) is 0 Å². The van der Waals surface area contributed by atoms with Gasteiger partial charge in [0.1, 0.15) is 18.4 Å². The fraction of sp³-hybridized carbons (Fsp3) is 0.257. The molecular weight excluding hydrogens is 613 g/mol. The summed E-state index contributed by atoms with van der Waals surface area (Å²) in [7, 11) is -4.30. The van der Waals surface area contributed by atoms with E-state index in [1.807, 2.05) is 60.7 Å². The summed E-state index contributed by atoms with van der Waals surface area (Å²) in [6.45, 7) is -0.577. The summed E-state index contributed by atoms with van der Waals surface area (Å²) in [5.74, 6) is -1.61. The summed E-state index contributed by atoms with van der Waals surface area (Å²) < 4.78 is 43.1. The number of carbonyl (C=O) groups is 2. The van der Waals surface area contributed by atoms with Crippen LogP contribution in [0.25, 0.3) is 0 Å². The van der Waals surface area contributed by atoms with E-state index < -0.39 is 34.3 Å². The summed E-state index contributed by atoms with van der Waals surface area (Å²) in [6.07, 6.45) is 4.00. The molecule has 0 aliphatic heterocycles. The van der Waals surface area contributed by atoms with Crippen LogP contribution >= 0.6 is 11.6 Å². The monoisotopic (exact) mass is 647 g/mol. The van der Waals surface area contributed by atoms with E-state index in [1.165, 1.54) is 29.2 Å². The Bertz CT molecular complexity index is 1700. The molecule has 5 rings (SSSR count). The van der Waals surface area contributed by atoms with Crippen LogP contribution in [0.3, 0.4) is 0 Å². The van der Waals surface area contributed by atoms with Crippen LogP contribution in [0.1, 0.15) is 36.8 Å². The summed E-state index contributed by atoms with van der Waals surface area (Å²) in [4.78, 5) is 29.9. The van der Waals surface area contributed by atoms with Crippen molar-refractivity contribution >= 4 is 39.1 Å². The number of rotatable bonds is 12. The number of halogens is 2. The van der Waals surface area contributed by atoms with Crippen LogP contribution in [0.4, 0.5) is 10.1 Å². The predicted molar refractivity (Wildman–Crippen MR) is 174 cm³/mol. The third kappa shape index (κ3) is 8.09. The normalized spacial score (nSPS) is 14.1. The van der Waals surface area contributed by atoms with Crippen LogP contribution in [0.15, 0.2) is 114 Å². The number of carbonyl (C=O) groups excluding carboxylic acids is 2. The number of amides is 2. The Hall–Kier alpha value is -4.21. The molecule has 7 nitrogen and oxygen atoms in total. The highest BCUT2D eigenvalue weighted by atomic mass is 35.5. The smallest absolute Gasteiger partial charge is 0.264 e. The molecule has 1 saturated carbocycles. The van der Waals surface area contributed by atoms with E-state index in [4.69, 9.17) is 11.6 Å². The minimum Gasteiger partial charge on any atom is -0.352 e. The first-order chi connectivity index (χ1) is 21.7. The lowest BCUT2D eigenvalue weighted by atomic mass is 10.0. The van der Waals surface area contributed by atoms with Crippen molar-refractivity contribution in [3.8, 4) is 0 Å². The molecule has 0 spiro atoms. The maximum Gasteiger partial charge on any atom is 0.264 e. The van der Waals surface area contributed by atoms with Crippen molar-refractivity contribution in [1.29, 1.82) is 0 Å². The van der Waals surface area contributed by atoms with Crippen molar-refractivity contribution < 1.29 is 22.4 Å². The number of benzene rings is 4. The molecule has 0 heterocycles. The average molecular weight is 648 g/mol. The molecule has 0 radical (unpaired) electrons. The molecule has 4 aromatic rings. The van der Waals surface area contributed by atoms with E-state index in [0.717, 1.165) is 47.2 Å². The fourth-order valence-electron chi connectivity index (χ4n) is 5.59. The molecule has 1 N–H and O–H groups in total. The van der Waals surface area contributed by atoms with Gasteiger partial charge in [0.25, 0.3) is 10.0 Å². The van der Waals surface area contributed by atoms with Crippen LogP contribution < -0.4 is 9.62 Å². The second-order valence-corrected chi connectivity index (χ2v) is 13.4. The second kappa shape index (κ2) is 14.7. The fourth-order valence-corrected chi connectivity index (χ4v) is 7.19. The Morgan fingerprint density at radius 1 is 0.844 bits per heavy atom. The van der Waals surface area contributed by atoms with Gasteiger partial charge in [-0.05, 0) is 54.3 Å². The lowest BCUT2D eigenvalue weighted by Gasteiger charge is -2.34. The molecule has 1 aliphatic carbocycles.